The molecule has 0 aliphatic carbocycles. The molecule has 0 aliphatic rings. The van der Waals surface area contributed by atoms with Crippen molar-refractivity contribution in [1.82, 2.24) is 5.32 Å². The fraction of sp³-hybridized carbons (Fsp3) is 0.0541. The van der Waals surface area contributed by atoms with E-state index in [1.807, 2.05) is 36.4 Å². The molecular weight excluding hydrogens is 648 g/mol. The zero-order valence-corrected chi connectivity index (χ0v) is 27.1. The summed E-state index contributed by atoms with van der Waals surface area (Å²) in [5.74, 6) is -1.39. The summed E-state index contributed by atoms with van der Waals surface area (Å²) in [6.45, 7) is 1.76. The van der Waals surface area contributed by atoms with E-state index < -0.39 is 22.0 Å². The molecule has 0 fully saturated rings. The summed E-state index contributed by atoms with van der Waals surface area (Å²) in [5.41, 5.74) is 3.09. The van der Waals surface area contributed by atoms with E-state index in [0.29, 0.717) is 43.5 Å². The molecule has 48 heavy (non-hydrogen) atoms. The van der Waals surface area contributed by atoms with Gasteiger partial charge in [-0.3, -0.25) is 24.5 Å². The van der Waals surface area contributed by atoms with Crippen LogP contribution in [-0.4, -0.2) is 22.6 Å². The van der Waals surface area contributed by atoms with E-state index in [4.69, 9.17) is 11.6 Å². The van der Waals surface area contributed by atoms with Crippen LogP contribution in [0.5, 0.6) is 0 Å². The molecule has 5 rings (SSSR count). The molecule has 0 spiro atoms. The number of non-ortho nitro benzene ring substituents is 1. The van der Waals surface area contributed by atoms with Crippen molar-refractivity contribution >= 4 is 64.2 Å². The van der Waals surface area contributed by atoms with E-state index in [1.54, 1.807) is 91.9 Å². The number of nitro groups is 1. The standard InChI is InChI=1S/C37H29ClN4O5S/c1-24-15-20-30(42(46)47)23-32(24)40-37(45)34(26-9-4-2-5-10-26)48-31-14-8-13-29(22-31)39-36(44)33(21-25-16-18-28(38)19-17-25)41-35(43)27-11-6-3-7-12-27/h2-23,34H,1H3,(H,39,44)(H,40,45)(H,41,43)/b33-21-. The van der Waals surface area contributed by atoms with Crippen LogP contribution >= 0.6 is 23.4 Å². The number of carbonyl (C=O) groups is 3. The minimum absolute atomic E-state index is 0.0121. The second kappa shape index (κ2) is 15.7. The number of nitrogens with zero attached hydrogens (tertiary/aromatic N) is 1. The average molecular weight is 677 g/mol. The number of benzene rings is 5. The molecule has 0 saturated carbocycles. The van der Waals surface area contributed by atoms with Gasteiger partial charge < -0.3 is 16.0 Å². The molecule has 0 aliphatic heterocycles. The summed E-state index contributed by atoms with van der Waals surface area (Å²) in [5, 5.41) is 19.6. The third-order valence-corrected chi connectivity index (χ3v) is 8.59. The Balaban J connectivity index is 1.38. The largest absolute Gasteiger partial charge is 0.324 e. The molecule has 0 aromatic heterocycles. The van der Waals surface area contributed by atoms with E-state index in [2.05, 4.69) is 16.0 Å². The van der Waals surface area contributed by atoms with Crippen LogP contribution in [0.1, 0.15) is 32.3 Å². The lowest BCUT2D eigenvalue weighted by atomic mass is 10.1. The lowest BCUT2D eigenvalue weighted by Gasteiger charge is -2.18. The quantitative estimate of drug-likeness (QED) is 0.0557. The number of halogens is 1. The van der Waals surface area contributed by atoms with Crippen LogP contribution in [-0.2, 0) is 9.59 Å². The Morgan fingerprint density at radius 3 is 2.19 bits per heavy atom. The summed E-state index contributed by atoms with van der Waals surface area (Å²) in [6, 6.07) is 35.8. The highest BCUT2D eigenvalue weighted by atomic mass is 35.5. The Kier molecular flexibility index (Phi) is 11.0. The summed E-state index contributed by atoms with van der Waals surface area (Å²) in [4.78, 5) is 51.8. The maximum Gasteiger partial charge on any atom is 0.272 e. The molecule has 240 valence electrons. The number of aryl methyl sites for hydroxylation is 1. The fourth-order valence-corrected chi connectivity index (χ4v) is 5.82. The van der Waals surface area contributed by atoms with E-state index in [-0.39, 0.29) is 17.3 Å². The molecule has 1 unspecified atom stereocenters. The maximum absolute atomic E-state index is 13.7. The van der Waals surface area contributed by atoms with Gasteiger partial charge in [-0.25, -0.2) is 0 Å². The highest BCUT2D eigenvalue weighted by Gasteiger charge is 2.24. The molecule has 3 N–H and O–H groups in total. The number of rotatable bonds is 11. The molecular formula is C37H29ClN4O5S. The topological polar surface area (TPSA) is 130 Å². The monoisotopic (exact) mass is 676 g/mol. The molecule has 5 aromatic rings. The molecule has 11 heteroatoms. The minimum atomic E-state index is -0.735. The van der Waals surface area contributed by atoms with Crippen LogP contribution in [0.15, 0.2) is 138 Å². The van der Waals surface area contributed by atoms with E-state index in [9.17, 15) is 24.5 Å². The van der Waals surface area contributed by atoms with Crippen LogP contribution in [0.3, 0.4) is 0 Å². The van der Waals surface area contributed by atoms with Gasteiger partial charge in [-0.2, -0.15) is 0 Å². The third kappa shape index (κ3) is 8.97. The summed E-state index contributed by atoms with van der Waals surface area (Å²) in [6.07, 6.45) is 1.55. The highest BCUT2D eigenvalue weighted by Crippen LogP contribution is 2.38. The Labute approximate surface area is 286 Å². The molecule has 0 saturated heterocycles. The van der Waals surface area contributed by atoms with Crippen molar-refractivity contribution in [3.63, 3.8) is 0 Å². The molecule has 5 aromatic carbocycles. The first kappa shape index (κ1) is 33.6. The first-order valence-electron chi connectivity index (χ1n) is 14.7. The van der Waals surface area contributed by atoms with Crippen molar-refractivity contribution in [1.29, 1.82) is 0 Å². The van der Waals surface area contributed by atoms with Crippen molar-refractivity contribution in [2.75, 3.05) is 10.6 Å². The number of thioether (sulfide) groups is 1. The number of nitro benzene ring substituents is 1. The first-order chi connectivity index (χ1) is 23.2. The van der Waals surface area contributed by atoms with E-state index in [1.165, 1.54) is 23.9 Å². The Hall–Kier alpha value is -5.71. The van der Waals surface area contributed by atoms with Gasteiger partial charge in [0.25, 0.3) is 17.5 Å². The van der Waals surface area contributed by atoms with Crippen molar-refractivity contribution in [2.24, 2.45) is 0 Å². The second-order valence-electron chi connectivity index (χ2n) is 10.6. The van der Waals surface area contributed by atoms with Gasteiger partial charge in [0.2, 0.25) is 5.91 Å². The van der Waals surface area contributed by atoms with Gasteiger partial charge in [-0.15, -0.1) is 11.8 Å². The average Bonchev–Trinajstić information content (AvgIpc) is 3.09. The van der Waals surface area contributed by atoms with E-state index >= 15 is 0 Å². The van der Waals surface area contributed by atoms with Crippen LogP contribution < -0.4 is 16.0 Å². The number of amides is 3. The molecule has 0 bridgehead atoms. The Bertz CT molecular complexity index is 1990. The number of hydrogen-bond acceptors (Lipinski definition) is 6. The summed E-state index contributed by atoms with van der Waals surface area (Å²) >= 11 is 7.29. The lowest BCUT2D eigenvalue weighted by Crippen LogP contribution is -2.30. The summed E-state index contributed by atoms with van der Waals surface area (Å²) < 4.78 is 0. The normalized spacial score (nSPS) is 11.7. The van der Waals surface area contributed by atoms with Crippen LogP contribution in [0.25, 0.3) is 6.08 Å². The van der Waals surface area contributed by atoms with E-state index in [0.717, 1.165) is 0 Å². The number of carbonyl (C=O) groups excluding carboxylic acids is 3. The number of nitrogens with one attached hydrogen (secondary N) is 3. The molecule has 0 radical (unpaired) electrons. The van der Waals surface area contributed by atoms with Crippen molar-refractivity contribution in [2.45, 2.75) is 17.1 Å². The number of hydrogen-bond donors (Lipinski definition) is 3. The van der Waals surface area contributed by atoms with Gasteiger partial charge in [0.15, 0.2) is 0 Å². The van der Waals surface area contributed by atoms with Crippen molar-refractivity contribution < 1.29 is 19.3 Å². The second-order valence-corrected chi connectivity index (χ2v) is 12.2. The molecule has 0 heterocycles. The zero-order chi connectivity index (χ0) is 34.0. The third-order valence-electron chi connectivity index (χ3n) is 7.09. The van der Waals surface area contributed by atoms with Gasteiger partial charge in [0.1, 0.15) is 10.9 Å². The minimum Gasteiger partial charge on any atom is -0.324 e. The predicted octanol–water partition coefficient (Wildman–Crippen LogP) is 8.44. The van der Waals surface area contributed by atoms with Crippen molar-refractivity contribution in [3.05, 3.63) is 170 Å². The Morgan fingerprint density at radius 1 is 0.812 bits per heavy atom. The molecule has 1 atom stereocenters. The van der Waals surface area contributed by atoms with Crippen LogP contribution in [0.2, 0.25) is 5.02 Å². The smallest absolute Gasteiger partial charge is 0.272 e. The molecule has 3 amide bonds. The number of anilines is 2. The molecule has 9 nitrogen and oxygen atoms in total. The van der Waals surface area contributed by atoms with Gasteiger partial charge >= 0.3 is 0 Å². The fourth-order valence-electron chi connectivity index (χ4n) is 4.61. The predicted molar refractivity (Wildman–Crippen MR) is 190 cm³/mol. The first-order valence-corrected chi connectivity index (χ1v) is 15.9. The van der Waals surface area contributed by atoms with Gasteiger partial charge in [-0.05, 0) is 72.2 Å². The van der Waals surface area contributed by atoms with Crippen molar-refractivity contribution in [3.8, 4) is 0 Å². The van der Waals surface area contributed by atoms with Gasteiger partial charge in [0, 0.05) is 33.3 Å². The SMILES string of the molecule is Cc1ccc([N+](=O)[O-])cc1NC(=O)C(Sc1cccc(NC(=O)/C(=C/c2ccc(Cl)cc2)NC(=O)c2ccccc2)c1)c1ccccc1. The van der Waals surface area contributed by atoms with Gasteiger partial charge in [0.05, 0.1) is 10.6 Å². The Morgan fingerprint density at radius 2 is 1.50 bits per heavy atom. The van der Waals surface area contributed by atoms with Crippen LogP contribution in [0.4, 0.5) is 17.1 Å². The highest BCUT2D eigenvalue weighted by molar-refractivity contribution is 8.00. The van der Waals surface area contributed by atoms with Crippen LogP contribution in [0, 0.1) is 17.0 Å². The lowest BCUT2D eigenvalue weighted by molar-refractivity contribution is -0.384. The van der Waals surface area contributed by atoms with Gasteiger partial charge in [-0.1, -0.05) is 84.4 Å². The summed E-state index contributed by atoms with van der Waals surface area (Å²) in [7, 11) is 0. The zero-order valence-electron chi connectivity index (χ0n) is 25.6. The maximum atomic E-state index is 13.7.